The molecule has 0 heterocycles. The second-order valence-electron chi connectivity index (χ2n) is 4.53. The van der Waals surface area contributed by atoms with Crippen LogP contribution in [-0.4, -0.2) is 16.6 Å². The van der Waals surface area contributed by atoms with Crippen molar-refractivity contribution in [3.05, 3.63) is 37.4 Å². The fourth-order valence-corrected chi connectivity index (χ4v) is 1.90. The molecule has 0 aromatic heterocycles. The Kier molecular flexibility index (Phi) is 4.26. The van der Waals surface area contributed by atoms with Crippen molar-refractivity contribution in [3.8, 4) is 0 Å². The minimum atomic E-state index is -0.370. The molecular weight excluding hydrogens is 321 g/mol. The van der Waals surface area contributed by atoms with Crippen molar-refractivity contribution in [2.45, 2.75) is 20.3 Å². The number of nitro groups is 1. The zero-order valence-electron chi connectivity index (χ0n) is 9.24. The first kappa shape index (κ1) is 13.4. The largest absolute Gasteiger partial charge is 0.396 e. The molecule has 1 aromatic rings. The van der Waals surface area contributed by atoms with Gasteiger partial charge in [0.15, 0.2) is 0 Å². The Labute approximate surface area is 108 Å². The molecule has 0 saturated carbocycles. The van der Waals surface area contributed by atoms with Gasteiger partial charge in [-0.15, -0.1) is 0 Å². The van der Waals surface area contributed by atoms with Gasteiger partial charge < -0.3 is 5.11 Å². The van der Waals surface area contributed by atoms with E-state index < -0.39 is 0 Å². The van der Waals surface area contributed by atoms with E-state index in [0.29, 0.717) is 12.0 Å². The average molecular weight is 335 g/mol. The Morgan fingerprint density at radius 2 is 2.12 bits per heavy atom. The van der Waals surface area contributed by atoms with E-state index in [2.05, 4.69) is 0 Å². The number of rotatable bonds is 4. The second-order valence-corrected chi connectivity index (χ2v) is 5.77. The molecule has 5 heteroatoms. The van der Waals surface area contributed by atoms with Crippen LogP contribution in [0.1, 0.15) is 19.4 Å². The molecule has 0 spiro atoms. The maximum absolute atomic E-state index is 10.9. The van der Waals surface area contributed by atoms with Crippen LogP contribution in [0.5, 0.6) is 0 Å². The van der Waals surface area contributed by atoms with Crippen LogP contribution in [0, 0.1) is 19.1 Å². The molecule has 1 aromatic carbocycles. The summed E-state index contributed by atoms with van der Waals surface area (Å²) in [5, 5.41) is 20.1. The zero-order chi connectivity index (χ0) is 12.3. The molecule has 0 fully saturated rings. The third-order valence-corrected chi connectivity index (χ3v) is 3.01. The predicted octanol–water partition coefficient (Wildman–Crippen LogP) is 2.76. The molecule has 16 heavy (non-hydrogen) atoms. The summed E-state index contributed by atoms with van der Waals surface area (Å²) in [4.78, 5) is 10.5. The molecule has 4 nitrogen and oxygen atoms in total. The maximum Gasteiger partial charge on any atom is 0.273 e. The van der Waals surface area contributed by atoms with Gasteiger partial charge in [0.2, 0.25) is 0 Å². The lowest BCUT2D eigenvalue weighted by Crippen LogP contribution is -2.20. The summed E-state index contributed by atoms with van der Waals surface area (Å²) in [7, 11) is 0. The van der Waals surface area contributed by atoms with E-state index in [9.17, 15) is 10.1 Å². The van der Waals surface area contributed by atoms with Crippen molar-refractivity contribution in [1.29, 1.82) is 0 Å². The number of hydrogen-bond acceptors (Lipinski definition) is 3. The molecule has 1 N–H and O–H groups in total. The third kappa shape index (κ3) is 3.41. The van der Waals surface area contributed by atoms with Crippen LogP contribution < -0.4 is 0 Å². The minimum absolute atomic E-state index is 0.0101. The van der Waals surface area contributed by atoms with Gasteiger partial charge >= 0.3 is 0 Å². The zero-order valence-corrected chi connectivity index (χ0v) is 11.4. The van der Waals surface area contributed by atoms with Gasteiger partial charge in [0, 0.05) is 21.8 Å². The number of halogens is 1. The van der Waals surface area contributed by atoms with Crippen molar-refractivity contribution < 1.29 is 10.0 Å². The van der Waals surface area contributed by atoms with Crippen LogP contribution >= 0.6 is 22.6 Å². The van der Waals surface area contributed by atoms with Crippen molar-refractivity contribution in [2.75, 3.05) is 6.61 Å². The van der Waals surface area contributed by atoms with Gasteiger partial charge in [-0.25, -0.2) is 0 Å². The fourth-order valence-electron chi connectivity index (χ4n) is 1.43. The molecule has 0 atom stereocenters. The van der Waals surface area contributed by atoms with E-state index in [1.807, 2.05) is 42.5 Å². The summed E-state index contributed by atoms with van der Waals surface area (Å²) >= 11 is 2.05. The Hall–Kier alpha value is -0.690. The molecule has 0 unspecified atom stereocenters. The summed E-state index contributed by atoms with van der Waals surface area (Å²) in [5.74, 6) is 0. The first-order chi connectivity index (χ1) is 7.35. The molecule has 1 rings (SSSR count). The molecule has 0 aliphatic rings. The molecule has 88 valence electrons. The highest BCUT2D eigenvalue weighted by Gasteiger charge is 2.23. The van der Waals surface area contributed by atoms with Gasteiger partial charge in [0.05, 0.1) is 4.92 Å². The number of nitrogens with zero attached hydrogens (tertiary/aromatic N) is 1. The van der Waals surface area contributed by atoms with Crippen LogP contribution in [0.15, 0.2) is 18.2 Å². The quantitative estimate of drug-likeness (QED) is 0.523. The predicted molar refractivity (Wildman–Crippen MR) is 70.4 cm³/mol. The lowest BCUT2D eigenvalue weighted by molar-refractivity contribution is -0.385. The normalized spacial score (nSPS) is 11.5. The van der Waals surface area contributed by atoms with Crippen LogP contribution in [0.2, 0.25) is 0 Å². The van der Waals surface area contributed by atoms with Crippen molar-refractivity contribution >= 4 is 28.3 Å². The van der Waals surface area contributed by atoms with Crippen LogP contribution in [0.25, 0.3) is 0 Å². The van der Waals surface area contributed by atoms with Crippen molar-refractivity contribution in [1.82, 2.24) is 0 Å². The van der Waals surface area contributed by atoms with Gasteiger partial charge in [-0.3, -0.25) is 10.1 Å². The summed E-state index contributed by atoms with van der Waals surface area (Å²) in [6.07, 6.45) is 0.497. The first-order valence-electron chi connectivity index (χ1n) is 4.89. The molecule has 0 radical (unpaired) electrons. The highest BCUT2D eigenvalue weighted by atomic mass is 127. The third-order valence-electron chi connectivity index (χ3n) is 2.34. The number of hydrogen-bond donors (Lipinski definition) is 1. The Morgan fingerprint density at radius 1 is 1.50 bits per heavy atom. The molecule has 0 saturated heterocycles. The van der Waals surface area contributed by atoms with E-state index in [1.165, 1.54) is 0 Å². The van der Waals surface area contributed by atoms with E-state index in [1.54, 1.807) is 12.1 Å². The molecule has 0 aliphatic heterocycles. The molecule has 0 bridgehead atoms. The lowest BCUT2D eigenvalue weighted by Gasteiger charge is -2.21. The van der Waals surface area contributed by atoms with Gasteiger partial charge in [-0.2, -0.15) is 0 Å². The Balaban J connectivity index is 3.09. The topological polar surface area (TPSA) is 63.4 Å². The number of aliphatic hydroxyl groups is 1. The highest BCUT2D eigenvalue weighted by Crippen LogP contribution is 2.28. The summed E-state index contributed by atoms with van der Waals surface area (Å²) < 4.78 is 0.842. The van der Waals surface area contributed by atoms with Crippen LogP contribution in [0.4, 0.5) is 5.69 Å². The van der Waals surface area contributed by atoms with E-state index >= 15 is 0 Å². The van der Waals surface area contributed by atoms with E-state index in [4.69, 9.17) is 5.11 Å². The van der Waals surface area contributed by atoms with E-state index in [0.717, 1.165) is 3.57 Å². The van der Waals surface area contributed by atoms with Crippen molar-refractivity contribution in [3.63, 3.8) is 0 Å². The Morgan fingerprint density at radius 3 is 2.62 bits per heavy atom. The Bertz CT molecular complexity index is 404. The standard InChI is InChI=1S/C11H14INO3/c1-11(2,7-14)6-8-3-4-9(12)5-10(8)13(15)16/h3-5,14H,6-7H2,1-2H3. The molecular formula is C11H14INO3. The van der Waals surface area contributed by atoms with E-state index in [-0.39, 0.29) is 22.6 Å². The van der Waals surface area contributed by atoms with Crippen LogP contribution in [0.3, 0.4) is 0 Å². The summed E-state index contributed by atoms with van der Waals surface area (Å²) in [5.41, 5.74) is 0.468. The van der Waals surface area contributed by atoms with Gasteiger partial charge in [0.1, 0.15) is 0 Å². The molecule has 0 aliphatic carbocycles. The minimum Gasteiger partial charge on any atom is -0.396 e. The second kappa shape index (κ2) is 5.09. The fraction of sp³-hybridized carbons (Fsp3) is 0.455. The maximum atomic E-state index is 10.9. The smallest absolute Gasteiger partial charge is 0.273 e. The number of nitro benzene ring substituents is 1. The number of benzene rings is 1. The monoisotopic (exact) mass is 335 g/mol. The summed E-state index contributed by atoms with van der Waals surface area (Å²) in [6.45, 7) is 3.78. The molecule has 0 amide bonds. The lowest BCUT2D eigenvalue weighted by atomic mass is 9.86. The number of aliphatic hydroxyl groups excluding tert-OH is 1. The van der Waals surface area contributed by atoms with Crippen molar-refractivity contribution in [2.24, 2.45) is 5.41 Å². The average Bonchev–Trinajstić information content (AvgIpc) is 2.20. The van der Waals surface area contributed by atoms with Gasteiger partial charge in [0.25, 0.3) is 5.69 Å². The SMILES string of the molecule is CC(C)(CO)Cc1ccc(I)cc1[N+](=O)[O-]. The van der Waals surface area contributed by atoms with Crippen LogP contribution in [-0.2, 0) is 6.42 Å². The highest BCUT2D eigenvalue weighted by molar-refractivity contribution is 14.1. The van der Waals surface area contributed by atoms with Gasteiger partial charge in [-0.1, -0.05) is 19.9 Å². The summed E-state index contributed by atoms with van der Waals surface area (Å²) in [6, 6.07) is 5.16. The first-order valence-corrected chi connectivity index (χ1v) is 5.97. The van der Waals surface area contributed by atoms with Gasteiger partial charge in [-0.05, 0) is 40.5 Å².